The Labute approximate surface area is 210 Å². The zero-order valence-corrected chi connectivity index (χ0v) is 22.6. The summed E-state index contributed by atoms with van der Waals surface area (Å²) in [7, 11) is 0. The molecule has 1 atom stereocenters. The molecule has 0 aliphatic rings. The number of nitrogens with one attached hydrogen (secondary N) is 1. The normalized spacial score (nSPS) is 13.5. The molecule has 1 aromatic rings. The van der Waals surface area contributed by atoms with E-state index in [9.17, 15) is 14.4 Å². The second-order valence-corrected chi connectivity index (χ2v) is 10.9. The summed E-state index contributed by atoms with van der Waals surface area (Å²) < 4.78 is 16.7. The predicted molar refractivity (Wildman–Crippen MR) is 136 cm³/mol. The molecule has 0 spiro atoms. The van der Waals surface area contributed by atoms with Gasteiger partial charge in [0.1, 0.15) is 17.8 Å². The van der Waals surface area contributed by atoms with E-state index in [4.69, 9.17) is 14.2 Å². The summed E-state index contributed by atoms with van der Waals surface area (Å²) >= 11 is 0. The first-order valence-electron chi connectivity index (χ1n) is 12.5. The Kier molecular flexibility index (Phi) is 12.2. The van der Waals surface area contributed by atoms with Crippen LogP contribution in [0.25, 0.3) is 0 Å². The second kappa shape index (κ2) is 14.1. The Morgan fingerprint density at radius 3 is 2.06 bits per heavy atom. The van der Waals surface area contributed by atoms with E-state index in [1.807, 2.05) is 71.9 Å². The van der Waals surface area contributed by atoms with Crippen LogP contribution in [-0.4, -0.2) is 66.4 Å². The van der Waals surface area contributed by atoms with Crippen LogP contribution in [0.1, 0.15) is 73.3 Å². The third-order valence-electron chi connectivity index (χ3n) is 5.09. The average molecular weight is 494 g/mol. The van der Waals surface area contributed by atoms with Gasteiger partial charge in [0, 0.05) is 6.42 Å². The van der Waals surface area contributed by atoms with Crippen LogP contribution >= 0.6 is 0 Å². The number of hydrogen-bond acceptors (Lipinski definition) is 6. The molecular weight excluding hydrogens is 448 g/mol. The first-order chi connectivity index (χ1) is 16.2. The van der Waals surface area contributed by atoms with Crippen LogP contribution in [0, 0.1) is 0 Å². The number of ether oxygens (including phenoxy) is 3. The molecule has 35 heavy (non-hydrogen) atoms. The van der Waals surface area contributed by atoms with Crippen molar-refractivity contribution in [2.45, 2.75) is 85.5 Å². The van der Waals surface area contributed by atoms with Crippen molar-refractivity contribution in [1.82, 2.24) is 5.32 Å². The van der Waals surface area contributed by atoms with Crippen LogP contribution in [-0.2, 0) is 30.4 Å². The summed E-state index contributed by atoms with van der Waals surface area (Å²) in [6, 6.07) is 9.55. The predicted octanol–water partition coefficient (Wildman–Crippen LogP) is 4.60. The van der Waals surface area contributed by atoms with E-state index in [2.05, 4.69) is 12.2 Å². The highest BCUT2D eigenvalue weighted by Crippen LogP contribution is 2.16. The Balaban J connectivity index is 2.77. The minimum Gasteiger partial charge on any atom is -0.461 e. The molecule has 0 bridgehead atoms. The lowest BCUT2D eigenvalue weighted by Crippen LogP contribution is -2.56. The lowest BCUT2D eigenvalue weighted by atomic mass is 10.2. The maximum absolute atomic E-state index is 12.7. The van der Waals surface area contributed by atoms with E-state index in [0.29, 0.717) is 37.1 Å². The van der Waals surface area contributed by atoms with Crippen LogP contribution in [0.5, 0.6) is 0 Å². The van der Waals surface area contributed by atoms with E-state index < -0.39 is 17.3 Å². The highest BCUT2D eigenvalue weighted by molar-refractivity contribution is 5.71. The SMILES string of the molecule is CCC[N+](CCCC(=O)OCc1ccccc1)(CCNC(=O)OC(C)(C)C)CC(=O)OC(C)(C)C. The van der Waals surface area contributed by atoms with Gasteiger partial charge in [0.2, 0.25) is 0 Å². The van der Waals surface area contributed by atoms with E-state index in [-0.39, 0.29) is 31.5 Å². The highest BCUT2D eigenvalue weighted by atomic mass is 16.6. The fraction of sp³-hybridized carbons (Fsp3) is 0.667. The largest absolute Gasteiger partial charge is 0.461 e. The molecule has 0 aliphatic carbocycles. The highest BCUT2D eigenvalue weighted by Gasteiger charge is 2.32. The summed E-state index contributed by atoms with van der Waals surface area (Å²) in [6.45, 7) is 15.6. The number of carbonyl (C=O) groups is 3. The van der Waals surface area contributed by atoms with Crippen LogP contribution in [0.2, 0.25) is 0 Å². The number of esters is 2. The number of benzene rings is 1. The molecule has 0 saturated carbocycles. The molecule has 1 amide bonds. The van der Waals surface area contributed by atoms with Gasteiger partial charge in [0.25, 0.3) is 0 Å². The van der Waals surface area contributed by atoms with Crippen LogP contribution < -0.4 is 5.32 Å². The average Bonchev–Trinajstić information content (AvgIpc) is 2.70. The zero-order chi connectivity index (χ0) is 26.5. The lowest BCUT2D eigenvalue weighted by Gasteiger charge is -2.38. The fourth-order valence-electron chi connectivity index (χ4n) is 3.77. The Morgan fingerprint density at radius 2 is 1.49 bits per heavy atom. The topological polar surface area (TPSA) is 90.9 Å². The second-order valence-electron chi connectivity index (χ2n) is 10.9. The van der Waals surface area contributed by atoms with Crippen molar-refractivity contribution in [2.75, 3.05) is 32.7 Å². The fourth-order valence-corrected chi connectivity index (χ4v) is 3.77. The third kappa shape index (κ3) is 14.4. The van der Waals surface area contributed by atoms with E-state index in [1.54, 1.807) is 0 Å². The minimum atomic E-state index is -0.588. The Hall–Kier alpha value is -2.61. The van der Waals surface area contributed by atoms with Crippen LogP contribution in [0.15, 0.2) is 30.3 Å². The molecule has 1 aromatic carbocycles. The molecule has 8 heteroatoms. The van der Waals surface area contributed by atoms with Crippen molar-refractivity contribution in [3.8, 4) is 0 Å². The molecule has 0 saturated heterocycles. The van der Waals surface area contributed by atoms with Gasteiger partial charge in [0.15, 0.2) is 6.54 Å². The molecule has 8 nitrogen and oxygen atoms in total. The number of quaternary nitrogens is 1. The quantitative estimate of drug-likeness (QED) is 0.245. The van der Waals surface area contributed by atoms with Gasteiger partial charge in [-0.3, -0.25) is 4.79 Å². The maximum atomic E-state index is 12.7. The van der Waals surface area contributed by atoms with Gasteiger partial charge >= 0.3 is 18.0 Å². The van der Waals surface area contributed by atoms with Gasteiger partial charge in [-0.15, -0.1) is 0 Å². The van der Waals surface area contributed by atoms with Crippen molar-refractivity contribution < 1.29 is 33.1 Å². The first-order valence-corrected chi connectivity index (χ1v) is 12.5. The molecule has 1 rings (SSSR count). The third-order valence-corrected chi connectivity index (χ3v) is 5.09. The summed E-state index contributed by atoms with van der Waals surface area (Å²) in [5.41, 5.74) is -0.236. The lowest BCUT2D eigenvalue weighted by molar-refractivity contribution is -0.920. The number of carbonyl (C=O) groups excluding carboxylic acids is 3. The van der Waals surface area contributed by atoms with Crippen LogP contribution in [0.4, 0.5) is 4.79 Å². The maximum Gasteiger partial charge on any atom is 0.407 e. The zero-order valence-electron chi connectivity index (χ0n) is 22.6. The van der Waals surface area contributed by atoms with Crippen LogP contribution in [0.3, 0.4) is 0 Å². The molecule has 0 heterocycles. The summed E-state index contributed by atoms with van der Waals surface area (Å²) in [5.74, 6) is -0.567. The van der Waals surface area contributed by atoms with Gasteiger partial charge < -0.3 is 24.0 Å². The molecular formula is C27H45N2O6+. The number of alkyl carbamates (subject to hydrolysis) is 1. The molecule has 0 aromatic heterocycles. The van der Waals surface area contributed by atoms with Gasteiger partial charge in [-0.05, 0) is 53.5 Å². The monoisotopic (exact) mass is 493 g/mol. The molecule has 0 radical (unpaired) electrons. The Bertz CT molecular complexity index is 798. The minimum absolute atomic E-state index is 0.167. The molecule has 198 valence electrons. The van der Waals surface area contributed by atoms with Crippen molar-refractivity contribution in [1.29, 1.82) is 0 Å². The van der Waals surface area contributed by atoms with Gasteiger partial charge in [-0.2, -0.15) is 0 Å². The van der Waals surface area contributed by atoms with Gasteiger partial charge in [-0.1, -0.05) is 37.3 Å². The van der Waals surface area contributed by atoms with Crippen molar-refractivity contribution in [3.63, 3.8) is 0 Å². The van der Waals surface area contributed by atoms with Gasteiger partial charge in [0.05, 0.1) is 32.6 Å². The summed E-state index contributed by atoms with van der Waals surface area (Å²) in [6.07, 6.45) is 1.16. The summed E-state index contributed by atoms with van der Waals surface area (Å²) in [4.78, 5) is 37.2. The number of rotatable bonds is 13. The molecule has 0 aliphatic heterocycles. The standard InChI is InChI=1S/C27H44N2O6/c1-8-17-29(20-24(31)34-26(2,3)4,19-16-28-25(32)35-27(5,6)7)18-12-15-23(30)33-21-22-13-10-9-11-14-22/h9-11,13-14H,8,12,15-21H2,1-7H3/p+1. The number of hydrogen-bond donors (Lipinski definition) is 1. The number of amides is 1. The number of nitrogens with zero attached hydrogens (tertiary/aromatic N) is 1. The molecule has 1 unspecified atom stereocenters. The molecule has 1 N–H and O–H groups in total. The first kappa shape index (κ1) is 30.4. The van der Waals surface area contributed by atoms with E-state index in [0.717, 1.165) is 12.0 Å². The van der Waals surface area contributed by atoms with Crippen molar-refractivity contribution >= 4 is 18.0 Å². The van der Waals surface area contributed by atoms with Gasteiger partial charge in [-0.25, -0.2) is 9.59 Å². The van der Waals surface area contributed by atoms with Crippen molar-refractivity contribution in [2.24, 2.45) is 0 Å². The summed E-state index contributed by atoms with van der Waals surface area (Å²) in [5, 5.41) is 2.79. The Morgan fingerprint density at radius 1 is 0.857 bits per heavy atom. The van der Waals surface area contributed by atoms with E-state index >= 15 is 0 Å². The molecule has 0 fully saturated rings. The van der Waals surface area contributed by atoms with E-state index in [1.165, 1.54) is 0 Å². The van der Waals surface area contributed by atoms with Crippen molar-refractivity contribution in [3.05, 3.63) is 35.9 Å². The smallest absolute Gasteiger partial charge is 0.407 e.